The Kier molecular flexibility index (Phi) is 6.56. The zero-order valence-electron chi connectivity index (χ0n) is 21.0. The van der Waals surface area contributed by atoms with Crippen LogP contribution in [0.15, 0.2) is 48.8 Å². The van der Waals surface area contributed by atoms with E-state index in [1.165, 1.54) is 5.56 Å². The molecule has 1 aliphatic heterocycles. The summed E-state index contributed by atoms with van der Waals surface area (Å²) >= 11 is 0. The molecule has 3 aromatic rings. The third kappa shape index (κ3) is 4.27. The van der Waals surface area contributed by atoms with Gasteiger partial charge < -0.3 is 14.7 Å². The van der Waals surface area contributed by atoms with Crippen molar-refractivity contribution in [2.75, 3.05) is 18.1 Å². The van der Waals surface area contributed by atoms with E-state index in [2.05, 4.69) is 25.0 Å². The SMILES string of the molecule is Cc1cccc(OCCCC(=O)N2CCCc3c(-c4cnn(C5(C(=O)O)CCC5)c4)cccc32)c1C. The Morgan fingerprint density at radius 1 is 1.11 bits per heavy atom. The van der Waals surface area contributed by atoms with Crippen LogP contribution in [0.3, 0.4) is 0 Å². The maximum Gasteiger partial charge on any atom is 0.331 e. The molecule has 7 heteroatoms. The monoisotopic (exact) mass is 487 g/mol. The van der Waals surface area contributed by atoms with E-state index in [-0.39, 0.29) is 5.91 Å². The number of carbonyl (C=O) groups excluding carboxylic acids is 1. The fraction of sp³-hybridized carbons (Fsp3) is 0.414. The van der Waals surface area contributed by atoms with E-state index in [1.807, 2.05) is 41.4 Å². The van der Waals surface area contributed by atoms with Crippen molar-refractivity contribution in [2.45, 2.75) is 64.3 Å². The van der Waals surface area contributed by atoms with Crippen LogP contribution in [-0.2, 0) is 21.5 Å². The van der Waals surface area contributed by atoms with Crippen LogP contribution in [0.5, 0.6) is 5.75 Å². The molecule has 1 aromatic heterocycles. The topological polar surface area (TPSA) is 84.7 Å². The highest BCUT2D eigenvalue weighted by atomic mass is 16.5. The highest BCUT2D eigenvalue weighted by Gasteiger charge is 2.47. The standard InChI is InChI=1S/C29H33N3O4/c1-20-8-3-12-26(21(20)2)36-17-6-13-27(33)31-16-5-10-24-23(9-4-11-25(24)31)22-18-30-32(19-22)29(28(34)35)14-7-15-29/h3-4,8-9,11-12,18-19H,5-7,10,13-17H2,1-2H3,(H,34,35). The van der Waals surface area contributed by atoms with Crippen LogP contribution < -0.4 is 9.64 Å². The normalized spacial score (nSPS) is 16.2. The number of hydrogen-bond acceptors (Lipinski definition) is 4. The first kappa shape index (κ1) is 24.1. The molecule has 0 spiro atoms. The first-order valence-electron chi connectivity index (χ1n) is 12.8. The molecule has 2 aromatic carbocycles. The van der Waals surface area contributed by atoms with Gasteiger partial charge in [-0.3, -0.25) is 9.48 Å². The minimum Gasteiger partial charge on any atom is -0.493 e. The second-order valence-electron chi connectivity index (χ2n) is 9.97. The van der Waals surface area contributed by atoms with Crippen molar-refractivity contribution >= 4 is 17.6 Å². The minimum absolute atomic E-state index is 0.104. The third-order valence-electron chi connectivity index (χ3n) is 7.81. The molecule has 1 aliphatic carbocycles. The number of anilines is 1. The highest BCUT2D eigenvalue weighted by molar-refractivity contribution is 5.96. The summed E-state index contributed by atoms with van der Waals surface area (Å²) in [5.41, 5.74) is 5.40. The van der Waals surface area contributed by atoms with Crippen LogP contribution in [-0.4, -0.2) is 39.9 Å². The van der Waals surface area contributed by atoms with Crippen LogP contribution in [0.25, 0.3) is 11.1 Å². The van der Waals surface area contributed by atoms with Crippen molar-refractivity contribution in [3.05, 3.63) is 65.5 Å². The Balaban J connectivity index is 1.28. The summed E-state index contributed by atoms with van der Waals surface area (Å²) < 4.78 is 7.56. The largest absolute Gasteiger partial charge is 0.493 e. The Bertz CT molecular complexity index is 1290. The molecule has 1 amide bonds. The molecule has 0 radical (unpaired) electrons. The van der Waals surface area contributed by atoms with Gasteiger partial charge in [0.1, 0.15) is 5.75 Å². The molecule has 0 unspecified atom stereocenters. The second kappa shape index (κ2) is 9.80. The van der Waals surface area contributed by atoms with Crippen LogP contribution >= 0.6 is 0 Å². The predicted molar refractivity (Wildman–Crippen MR) is 138 cm³/mol. The van der Waals surface area contributed by atoms with Gasteiger partial charge in [-0.25, -0.2) is 4.79 Å². The van der Waals surface area contributed by atoms with E-state index in [4.69, 9.17) is 4.74 Å². The van der Waals surface area contributed by atoms with Gasteiger partial charge in [0.2, 0.25) is 5.91 Å². The van der Waals surface area contributed by atoms with Crippen LogP contribution in [0.1, 0.15) is 55.2 Å². The summed E-state index contributed by atoms with van der Waals surface area (Å²) in [4.78, 5) is 27.0. The fourth-order valence-electron chi connectivity index (χ4n) is 5.32. The van der Waals surface area contributed by atoms with Crippen molar-refractivity contribution in [2.24, 2.45) is 0 Å². The van der Waals surface area contributed by atoms with Gasteiger partial charge in [0.15, 0.2) is 5.54 Å². The zero-order chi connectivity index (χ0) is 25.3. The van der Waals surface area contributed by atoms with Crippen molar-refractivity contribution in [1.29, 1.82) is 0 Å². The molecule has 1 fully saturated rings. The molecule has 2 heterocycles. The Morgan fingerprint density at radius 3 is 2.67 bits per heavy atom. The quantitative estimate of drug-likeness (QED) is 0.438. The van der Waals surface area contributed by atoms with Crippen molar-refractivity contribution in [3.63, 3.8) is 0 Å². The van der Waals surface area contributed by atoms with E-state index in [9.17, 15) is 14.7 Å². The molecule has 5 rings (SSSR count). The number of carboxylic acids is 1. The zero-order valence-corrected chi connectivity index (χ0v) is 21.0. The number of aryl methyl sites for hydroxylation is 1. The lowest BCUT2D eigenvalue weighted by molar-refractivity contribution is -0.153. The second-order valence-corrected chi connectivity index (χ2v) is 9.97. The number of aromatic nitrogens is 2. The van der Waals surface area contributed by atoms with Crippen LogP contribution in [0.4, 0.5) is 5.69 Å². The van der Waals surface area contributed by atoms with Gasteiger partial charge in [0, 0.05) is 30.4 Å². The number of aliphatic carboxylic acids is 1. The molecule has 36 heavy (non-hydrogen) atoms. The number of carboxylic acid groups (broad SMARTS) is 1. The van der Waals surface area contributed by atoms with Gasteiger partial charge >= 0.3 is 5.97 Å². The third-order valence-corrected chi connectivity index (χ3v) is 7.81. The molecular weight excluding hydrogens is 454 g/mol. The Hall–Kier alpha value is -3.61. The van der Waals surface area contributed by atoms with E-state index >= 15 is 0 Å². The molecule has 0 saturated heterocycles. The first-order valence-corrected chi connectivity index (χ1v) is 12.8. The van der Waals surface area contributed by atoms with Gasteiger partial charge in [0.05, 0.1) is 12.8 Å². The maximum absolute atomic E-state index is 13.2. The van der Waals surface area contributed by atoms with Crippen molar-refractivity contribution in [3.8, 4) is 16.9 Å². The van der Waals surface area contributed by atoms with Gasteiger partial charge in [-0.15, -0.1) is 0 Å². The summed E-state index contributed by atoms with van der Waals surface area (Å²) in [5, 5.41) is 14.2. The Morgan fingerprint density at radius 2 is 1.92 bits per heavy atom. The summed E-state index contributed by atoms with van der Waals surface area (Å²) in [6, 6.07) is 12.0. The summed E-state index contributed by atoms with van der Waals surface area (Å²) in [5.74, 6) is 0.159. The molecule has 0 atom stereocenters. The first-order chi connectivity index (χ1) is 17.4. The molecular formula is C29H33N3O4. The van der Waals surface area contributed by atoms with Gasteiger partial charge in [-0.2, -0.15) is 5.10 Å². The van der Waals surface area contributed by atoms with Crippen LogP contribution in [0, 0.1) is 13.8 Å². The average molecular weight is 488 g/mol. The number of benzene rings is 2. The van der Waals surface area contributed by atoms with Crippen molar-refractivity contribution < 1.29 is 19.4 Å². The smallest absolute Gasteiger partial charge is 0.331 e. The lowest BCUT2D eigenvalue weighted by Gasteiger charge is -2.37. The van der Waals surface area contributed by atoms with Gasteiger partial charge in [-0.05, 0) is 86.8 Å². The fourth-order valence-corrected chi connectivity index (χ4v) is 5.32. The molecule has 1 N–H and O–H groups in total. The van der Waals surface area contributed by atoms with Crippen molar-refractivity contribution in [1.82, 2.24) is 9.78 Å². The summed E-state index contributed by atoms with van der Waals surface area (Å²) in [6.45, 7) is 5.32. The number of amides is 1. The van der Waals surface area contributed by atoms with Gasteiger partial charge in [-0.1, -0.05) is 24.3 Å². The molecule has 7 nitrogen and oxygen atoms in total. The van der Waals surface area contributed by atoms with E-state index in [1.54, 1.807) is 10.9 Å². The number of rotatable bonds is 8. The predicted octanol–water partition coefficient (Wildman–Crippen LogP) is 5.27. The van der Waals surface area contributed by atoms with E-state index in [0.717, 1.165) is 53.0 Å². The molecule has 0 bridgehead atoms. The minimum atomic E-state index is -0.922. The average Bonchev–Trinajstić information content (AvgIpc) is 3.32. The number of ether oxygens (including phenoxy) is 1. The van der Waals surface area contributed by atoms with Gasteiger partial charge in [0.25, 0.3) is 0 Å². The van der Waals surface area contributed by atoms with E-state index in [0.29, 0.717) is 38.8 Å². The molecule has 2 aliphatic rings. The maximum atomic E-state index is 13.2. The lowest BCUT2D eigenvalue weighted by Crippen LogP contribution is -2.48. The number of carbonyl (C=O) groups is 2. The lowest BCUT2D eigenvalue weighted by atomic mass is 9.77. The molecule has 188 valence electrons. The van der Waals surface area contributed by atoms with E-state index < -0.39 is 11.5 Å². The summed E-state index contributed by atoms with van der Waals surface area (Å²) in [6.07, 6.45) is 8.56. The number of nitrogens with zero attached hydrogens (tertiary/aromatic N) is 3. The highest BCUT2D eigenvalue weighted by Crippen LogP contribution is 2.41. The number of fused-ring (bicyclic) bond motifs is 1. The summed E-state index contributed by atoms with van der Waals surface area (Å²) in [7, 11) is 0. The van der Waals surface area contributed by atoms with Crippen LogP contribution in [0.2, 0.25) is 0 Å². The Labute approximate surface area is 211 Å². The number of hydrogen-bond donors (Lipinski definition) is 1. The molecule has 1 saturated carbocycles.